The predicted molar refractivity (Wildman–Crippen MR) is 188 cm³/mol. The van der Waals surface area contributed by atoms with E-state index in [0.29, 0.717) is 0 Å². The quantitative estimate of drug-likeness (QED) is 0.194. The summed E-state index contributed by atoms with van der Waals surface area (Å²) in [5, 5.41) is 2.52. The zero-order valence-electron chi connectivity index (χ0n) is 24.0. The molecule has 0 saturated heterocycles. The van der Waals surface area contributed by atoms with Crippen molar-refractivity contribution < 1.29 is 0 Å². The lowest BCUT2D eigenvalue weighted by atomic mass is 9.99. The van der Waals surface area contributed by atoms with Crippen LogP contribution >= 0.6 is 11.3 Å². The number of hydrogen-bond donors (Lipinski definition) is 0. The van der Waals surface area contributed by atoms with E-state index in [2.05, 4.69) is 168 Å². The molecule has 0 aliphatic heterocycles. The van der Waals surface area contributed by atoms with Gasteiger partial charge in [0.05, 0.1) is 10.4 Å². The van der Waals surface area contributed by atoms with Crippen molar-refractivity contribution in [1.29, 1.82) is 0 Å². The molecule has 44 heavy (non-hydrogen) atoms. The van der Waals surface area contributed by atoms with Crippen LogP contribution in [0.15, 0.2) is 170 Å². The fraction of sp³-hybridized carbons (Fsp3) is 0. The molecular formula is C41H28N2S. The largest absolute Gasteiger partial charge is 0.310 e. The Morgan fingerprint density at radius 3 is 1.68 bits per heavy atom. The highest BCUT2D eigenvalue weighted by molar-refractivity contribution is 7.25. The van der Waals surface area contributed by atoms with Gasteiger partial charge in [-0.2, -0.15) is 0 Å². The Kier molecular flexibility index (Phi) is 6.71. The van der Waals surface area contributed by atoms with Gasteiger partial charge in [-0.1, -0.05) is 121 Å². The van der Waals surface area contributed by atoms with Crippen LogP contribution in [0.4, 0.5) is 17.1 Å². The second-order valence-corrected chi connectivity index (χ2v) is 11.9. The Bertz CT molecular complexity index is 2200. The number of thiophene rings is 1. The third-order valence-corrected chi connectivity index (χ3v) is 9.30. The van der Waals surface area contributed by atoms with Gasteiger partial charge >= 0.3 is 0 Å². The van der Waals surface area contributed by atoms with E-state index in [0.717, 1.165) is 17.1 Å². The summed E-state index contributed by atoms with van der Waals surface area (Å²) in [5.74, 6) is 0. The average molecular weight is 581 g/mol. The second kappa shape index (κ2) is 11.3. The molecule has 0 saturated carbocycles. The van der Waals surface area contributed by atoms with Crippen molar-refractivity contribution in [2.45, 2.75) is 0 Å². The van der Waals surface area contributed by atoms with Crippen molar-refractivity contribution in [2.24, 2.45) is 0 Å². The van der Waals surface area contributed by atoms with Crippen LogP contribution < -0.4 is 4.90 Å². The second-order valence-electron chi connectivity index (χ2n) is 10.9. The minimum Gasteiger partial charge on any atom is -0.310 e. The molecular weight excluding hydrogens is 553 g/mol. The molecule has 0 atom stereocenters. The summed E-state index contributed by atoms with van der Waals surface area (Å²) in [5.41, 5.74) is 10.6. The monoisotopic (exact) mass is 580 g/mol. The lowest BCUT2D eigenvalue weighted by Gasteiger charge is -2.28. The van der Waals surface area contributed by atoms with Crippen molar-refractivity contribution in [2.75, 3.05) is 4.90 Å². The molecule has 2 heterocycles. The maximum atomic E-state index is 4.36. The van der Waals surface area contributed by atoms with Crippen molar-refractivity contribution in [1.82, 2.24) is 4.98 Å². The van der Waals surface area contributed by atoms with Gasteiger partial charge in [0.2, 0.25) is 0 Å². The number of rotatable bonds is 6. The Morgan fingerprint density at radius 2 is 0.977 bits per heavy atom. The normalized spacial score (nSPS) is 11.2. The molecule has 8 aromatic rings. The van der Waals surface area contributed by atoms with Crippen LogP contribution in [-0.4, -0.2) is 4.98 Å². The van der Waals surface area contributed by atoms with E-state index in [4.69, 9.17) is 0 Å². The molecule has 0 fully saturated rings. The zero-order chi connectivity index (χ0) is 29.3. The molecule has 6 aromatic carbocycles. The van der Waals surface area contributed by atoms with Gasteiger partial charge < -0.3 is 4.90 Å². The van der Waals surface area contributed by atoms with E-state index in [1.807, 2.05) is 12.4 Å². The number of hydrogen-bond acceptors (Lipinski definition) is 3. The fourth-order valence-corrected chi connectivity index (χ4v) is 7.11. The first-order valence-electron chi connectivity index (χ1n) is 14.8. The Morgan fingerprint density at radius 1 is 0.432 bits per heavy atom. The van der Waals surface area contributed by atoms with E-state index in [1.165, 1.54) is 53.6 Å². The molecule has 0 aliphatic carbocycles. The van der Waals surface area contributed by atoms with Gasteiger partial charge in [0.25, 0.3) is 0 Å². The number of para-hydroxylation sites is 1. The molecule has 0 aliphatic rings. The summed E-state index contributed by atoms with van der Waals surface area (Å²) >= 11 is 1.79. The molecule has 0 spiro atoms. The number of pyridine rings is 1. The van der Waals surface area contributed by atoms with Gasteiger partial charge in [0.1, 0.15) is 0 Å². The highest BCUT2D eigenvalue weighted by Gasteiger charge is 2.18. The molecule has 0 N–H and O–H groups in total. The van der Waals surface area contributed by atoms with E-state index in [-0.39, 0.29) is 0 Å². The Hall–Kier alpha value is -5.51. The summed E-state index contributed by atoms with van der Waals surface area (Å²) < 4.78 is 2.46. The van der Waals surface area contributed by atoms with Gasteiger partial charge in [0.15, 0.2) is 0 Å². The predicted octanol–water partition coefficient (Wildman–Crippen LogP) is 11.9. The van der Waals surface area contributed by atoms with Gasteiger partial charge in [-0.05, 0) is 64.2 Å². The number of aromatic nitrogens is 1. The summed E-state index contributed by atoms with van der Waals surface area (Å²) in [4.78, 5) is 6.74. The van der Waals surface area contributed by atoms with Gasteiger partial charge in [-0.3, -0.25) is 4.98 Å². The topological polar surface area (TPSA) is 16.1 Å². The fourth-order valence-electron chi connectivity index (χ4n) is 6.01. The van der Waals surface area contributed by atoms with Crippen LogP contribution in [0.3, 0.4) is 0 Å². The van der Waals surface area contributed by atoms with Crippen molar-refractivity contribution >= 4 is 48.6 Å². The highest BCUT2D eigenvalue weighted by atomic mass is 32.1. The molecule has 2 nitrogen and oxygen atoms in total. The Balaban J connectivity index is 1.23. The van der Waals surface area contributed by atoms with E-state index >= 15 is 0 Å². The van der Waals surface area contributed by atoms with E-state index in [9.17, 15) is 0 Å². The Labute approximate surface area is 261 Å². The van der Waals surface area contributed by atoms with Crippen LogP contribution in [0.5, 0.6) is 0 Å². The van der Waals surface area contributed by atoms with Crippen LogP contribution in [0, 0.1) is 0 Å². The average Bonchev–Trinajstić information content (AvgIpc) is 3.48. The van der Waals surface area contributed by atoms with Crippen LogP contribution in [-0.2, 0) is 0 Å². The molecule has 3 heteroatoms. The molecule has 208 valence electrons. The van der Waals surface area contributed by atoms with Crippen LogP contribution in [0.1, 0.15) is 0 Å². The van der Waals surface area contributed by atoms with Crippen LogP contribution in [0.25, 0.3) is 53.6 Å². The third-order valence-electron chi connectivity index (χ3n) is 8.20. The smallest absolute Gasteiger partial charge is 0.0540 e. The van der Waals surface area contributed by atoms with Crippen molar-refractivity contribution in [3.8, 4) is 33.4 Å². The summed E-state index contributed by atoms with van der Waals surface area (Å²) in [6.45, 7) is 0. The van der Waals surface area contributed by atoms with Crippen molar-refractivity contribution in [3.05, 3.63) is 170 Å². The van der Waals surface area contributed by atoms with Gasteiger partial charge in [-0.25, -0.2) is 0 Å². The van der Waals surface area contributed by atoms with Crippen molar-refractivity contribution in [3.63, 3.8) is 0 Å². The van der Waals surface area contributed by atoms with E-state index in [1.54, 1.807) is 11.3 Å². The zero-order valence-corrected chi connectivity index (χ0v) is 24.8. The maximum Gasteiger partial charge on any atom is 0.0540 e. The first-order valence-corrected chi connectivity index (χ1v) is 15.6. The maximum absolute atomic E-state index is 4.36. The summed E-state index contributed by atoms with van der Waals surface area (Å²) in [6.07, 6.45) is 3.84. The first kappa shape index (κ1) is 26.1. The molecule has 0 bridgehead atoms. The van der Waals surface area contributed by atoms with Gasteiger partial charge in [0, 0.05) is 44.8 Å². The highest BCUT2D eigenvalue weighted by Crippen LogP contribution is 2.43. The SMILES string of the molecule is c1ccc(-c2ccc(-c3ccc(N(c4ccc5c(c4)sc4cnccc45)c4ccccc4-c4ccccc4)cc3)cc2)cc1. The molecule has 2 aromatic heterocycles. The molecule has 8 rings (SSSR count). The van der Waals surface area contributed by atoms with Gasteiger partial charge in [-0.15, -0.1) is 11.3 Å². The first-order chi connectivity index (χ1) is 21.8. The molecule has 0 amide bonds. The van der Waals surface area contributed by atoms with E-state index < -0.39 is 0 Å². The number of benzene rings is 6. The summed E-state index contributed by atoms with van der Waals surface area (Å²) in [6, 6.07) is 56.5. The minimum atomic E-state index is 1.11. The number of fused-ring (bicyclic) bond motifs is 3. The third kappa shape index (κ3) is 4.84. The number of nitrogens with zero attached hydrogens (tertiary/aromatic N) is 2. The minimum absolute atomic E-state index is 1.11. The lowest BCUT2D eigenvalue weighted by Crippen LogP contribution is -2.11. The standard InChI is InChI=1S/C41H28N2S/c1-3-9-29(10-4-1)30-15-17-31(18-16-30)32-19-21-34(22-20-32)43(39-14-8-7-13-36(39)33-11-5-2-6-12-33)35-23-24-37-38-25-26-42-28-41(38)44-40(37)27-35/h1-28H. The summed E-state index contributed by atoms with van der Waals surface area (Å²) in [7, 11) is 0. The molecule has 0 unspecified atom stereocenters. The lowest BCUT2D eigenvalue weighted by molar-refractivity contribution is 1.29. The number of anilines is 3. The molecule has 0 radical (unpaired) electrons. The van der Waals surface area contributed by atoms with Crippen LogP contribution in [0.2, 0.25) is 0 Å².